The van der Waals surface area contributed by atoms with Crippen molar-refractivity contribution in [2.45, 2.75) is 31.6 Å². The molecule has 0 aromatic heterocycles. The molecular formula is C24H25NO5. The van der Waals surface area contributed by atoms with E-state index in [-0.39, 0.29) is 24.0 Å². The number of amides is 1. The average molecular weight is 407 g/mol. The number of anilines is 1. The van der Waals surface area contributed by atoms with Crippen molar-refractivity contribution >= 4 is 17.4 Å². The van der Waals surface area contributed by atoms with Crippen molar-refractivity contribution < 1.29 is 23.8 Å². The highest BCUT2D eigenvalue weighted by atomic mass is 16.5. The van der Waals surface area contributed by atoms with Gasteiger partial charge in [-0.1, -0.05) is 18.2 Å². The molecule has 2 aromatic carbocycles. The summed E-state index contributed by atoms with van der Waals surface area (Å²) in [5, 5.41) is 0. The third kappa shape index (κ3) is 3.32. The number of carbonyl (C=O) groups excluding carboxylic acids is 2. The number of hydrogen-bond acceptors (Lipinski definition) is 5. The molecule has 4 rings (SSSR count). The smallest absolute Gasteiger partial charge is 0.232 e. The summed E-state index contributed by atoms with van der Waals surface area (Å²) >= 11 is 0. The van der Waals surface area contributed by atoms with Gasteiger partial charge < -0.3 is 14.2 Å². The summed E-state index contributed by atoms with van der Waals surface area (Å²) in [5.74, 6) is 1.33. The standard InChI is InChI=1S/C24H25NO5/c1-28-20-14-22(30-3)21(29-2)12-16(20)17-13-23(27)25(15-8-5-4-6-9-15)18-10-7-11-19(26)24(17)18/h4-6,8-9,12,14,17H,7,10-11,13H2,1-3H3. The van der Waals surface area contributed by atoms with Gasteiger partial charge in [-0.05, 0) is 31.0 Å². The third-order valence-electron chi connectivity index (χ3n) is 5.80. The molecular weight excluding hydrogens is 382 g/mol. The van der Waals surface area contributed by atoms with Crippen LogP contribution in [0.2, 0.25) is 0 Å². The Morgan fingerprint density at radius 3 is 2.20 bits per heavy atom. The van der Waals surface area contributed by atoms with Gasteiger partial charge in [0.05, 0.1) is 21.3 Å². The molecule has 0 N–H and O–H groups in total. The van der Waals surface area contributed by atoms with E-state index in [1.807, 2.05) is 36.4 Å². The molecule has 2 aliphatic rings. The van der Waals surface area contributed by atoms with Crippen LogP contribution in [0, 0.1) is 0 Å². The van der Waals surface area contributed by atoms with Gasteiger partial charge in [-0.15, -0.1) is 0 Å². The SMILES string of the molecule is COc1cc(OC)c(C2CC(=O)N(c3ccccc3)C3=C2C(=O)CCC3)cc1OC. The number of benzene rings is 2. The maximum absolute atomic E-state index is 13.3. The Bertz CT molecular complexity index is 1010. The summed E-state index contributed by atoms with van der Waals surface area (Å²) in [6.07, 6.45) is 2.10. The van der Waals surface area contributed by atoms with Crippen LogP contribution in [0.15, 0.2) is 53.7 Å². The van der Waals surface area contributed by atoms with E-state index in [1.165, 1.54) is 0 Å². The van der Waals surface area contributed by atoms with E-state index in [1.54, 1.807) is 32.3 Å². The molecule has 1 unspecified atom stereocenters. The van der Waals surface area contributed by atoms with Crippen molar-refractivity contribution in [3.8, 4) is 17.2 Å². The zero-order chi connectivity index (χ0) is 21.3. The fraction of sp³-hybridized carbons (Fsp3) is 0.333. The van der Waals surface area contributed by atoms with E-state index in [4.69, 9.17) is 14.2 Å². The second-order valence-corrected chi connectivity index (χ2v) is 7.41. The number of carbonyl (C=O) groups is 2. The molecule has 0 saturated heterocycles. The minimum Gasteiger partial charge on any atom is -0.496 e. The van der Waals surface area contributed by atoms with Crippen molar-refractivity contribution in [1.82, 2.24) is 0 Å². The number of Topliss-reactive ketones (excluding diaryl/α,β-unsaturated/α-hetero) is 1. The van der Waals surface area contributed by atoms with Crippen LogP contribution in [-0.2, 0) is 9.59 Å². The lowest BCUT2D eigenvalue weighted by molar-refractivity contribution is -0.119. The highest BCUT2D eigenvalue weighted by Crippen LogP contribution is 2.47. The third-order valence-corrected chi connectivity index (χ3v) is 5.80. The molecule has 1 amide bonds. The summed E-state index contributed by atoms with van der Waals surface area (Å²) in [6, 6.07) is 13.1. The maximum atomic E-state index is 13.3. The molecule has 1 aliphatic carbocycles. The topological polar surface area (TPSA) is 65.1 Å². The summed E-state index contributed by atoms with van der Waals surface area (Å²) in [6.45, 7) is 0. The fourth-order valence-electron chi connectivity index (χ4n) is 4.46. The zero-order valence-electron chi connectivity index (χ0n) is 17.4. The highest BCUT2D eigenvalue weighted by Gasteiger charge is 2.41. The normalized spacial score (nSPS) is 18.9. The Balaban J connectivity index is 1.90. The first-order valence-corrected chi connectivity index (χ1v) is 10.0. The first-order chi connectivity index (χ1) is 14.6. The second-order valence-electron chi connectivity index (χ2n) is 7.41. The lowest BCUT2D eigenvalue weighted by Gasteiger charge is -2.38. The van der Waals surface area contributed by atoms with Gasteiger partial charge in [0.1, 0.15) is 5.75 Å². The average Bonchev–Trinajstić information content (AvgIpc) is 2.78. The van der Waals surface area contributed by atoms with Crippen LogP contribution < -0.4 is 19.1 Å². The highest BCUT2D eigenvalue weighted by molar-refractivity contribution is 6.07. The van der Waals surface area contributed by atoms with Gasteiger partial charge in [0.25, 0.3) is 0 Å². The lowest BCUT2D eigenvalue weighted by Crippen LogP contribution is -2.40. The predicted octanol–water partition coefficient (Wildman–Crippen LogP) is 4.24. The Morgan fingerprint density at radius 1 is 0.867 bits per heavy atom. The van der Waals surface area contributed by atoms with Gasteiger partial charge in [-0.25, -0.2) is 0 Å². The number of allylic oxidation sites excluding steroid dienone is 2. The second kappa shape index (κ2) is 8.22. The fourth-order valence-corrected chi connectivity index (χ4v) is 4.46. The first-order valence-electron chi connectivity index (χ1n) is 10.0. The molecule has 0 bridgehead atoms. The van der Waals surface area contributed by atoms with Crippen LogP contribution in [0.3, 0.4) is 0 Å². The largest absolute Gasteiger partial charge is 0.496 e. The summed E-state index contributed by atoms with van der Waals surface area (Å²) in [7, 11) is 4.70. The minimum absolute atomic E-state index is 0.0310. The van der Waals surface area contributed by atoms with E-state index in [9.17, 15) is 9.59 Å². The van der Waals surface area contributed by atoms with Gasteiger partial charge in [0.2, 0.25) is 5.91 Å². The molecule has 1 atom stereocenters. The number of ketones is 1. The molecule has 6 heteroatoms. The van der Waals surface area contributed by atoms with Crippen LogP contribution in [0.25, 0.3) is 0 Å². The van der Waals surface area contributed by atoms with Crippen LogP contribution in [-0.4, -0.2) is 33.0 Å². The Labute approximate surface area is 176 Å². The van der Waals surface area contributed by atoms with Crippen LogP contribution >= 0.6 is 0 Å². The first kappa shape index (κ1) is 20.0. The monoisotopic (exact) mass is 407 g/mol. The Morgan fingerprint density at radius 2 is 1.53 bits per heavy atom. The molecule has 0 spiro atoms. The Hall–Kier alpha value is -3.28. The molecule has 1 heterocycles. The van der Waals surface area contributed by atoms with Gasteiger partial charge in [0, 0.05) is 47.3 Å². The number of ether oxygens (including phenoxy) is 3. The van der Waals surface area contributed by atoms with Crippen LogP contribution in [0.1, 0.15) is 37.2 Å². The predicted molar refractivity (Wildman–Crippen MR) is 113 cm³/mol. The van der Waals surface area contributed by atoms with Crippen molar-refractivity contribution in [3.05, 3.63) is 59.3 Å². The summed E-state index contributed by atoms with van der Waals surface area (Å²) in [4.78, 5) is 28.1. The molecule has 6 nitrogen and oxygen atoms in total. The van der Waals surface area contributed by atoms with Gasteiger partial charge >= 0.3 is 0 Å². The molecule has 0 radical (unpaired) electrons. The Kier molecular flexibility index (Phi) is 5.48. The number of methoxy groups -OCH3 is 3. The van der Waals surface area contributed by atoms with Gasteiger partial charge in [-0.3, -0.25) is 14.5 Å². The van der Waals surface area contributed by atoms with Gasteiger partial charge in [0.15, 0.2) is 17.3 Å². The van der Waals surface area contributed by atoms with Gasteiger partial charge in [-0.2, -0.15) is 0 Å². The number of para-hydroxylation sites is 1. The molecule has 1 aliphatic heterocycles. The number of rotatable bonds is 5. The number of nitrogens with zero attached hydrogens (tertiary/aromatic N) is 1. The van der Waals surface area contributed by atoms with Crippen molar-refractivity contribution in [2.75, 3.05) is 26.2 Å². The summed E-state index contributed by atoms with van der Waals surface area (Å²) in [5.41, 5.74) is 3.06. The van der Waals surface area contributed by atoms with E-state index in [0.29, 0.717) is 35.7 Å². The number of hydrogen-bond donors (Lipinski definition) is 0. The van der Waals surface area contributed by atoms with E-state index in [0.717, 1.165) is 23.4 Å². The van der Waals surface area contributed by atoms with Crippen molar-refractivity contribution in [3.63, 3.8) is 0 Å². The summed E-state index contributed by atoms with van der Waals surface area (Å²) < 4.78 is 16.5. The van der Waals surface area contributed by atoms with Crippen molar-refractivity contribution in [1.29, 1.82) is 0 Å². The van der Waals surface area contributed by atoms with E-state index < -0.39 is 0 Å². The molecule has 30 heavy (non-hydrogen) atoms. The molecule has 0 fully saturated rings. The zero-order valence-corrected chi connectivity index (χ0v) is 17.4. The minimum atomic E-state index is -0.380. The van der Waals surface area contributed by atoms with Crippen LogP contribution in [0.5, 0.6) is 17.2 Å². The van der Waals surface area contributed by atoms with Crippen molar-refractivity contribution in [2.24, 2.45) is 0 Å². The molecule has 156 valence electrons. The quantitative estimate of drug-likeness (QED) is 0.742. The lowest BCUT2D eigenvalue weighted by atomic mass is 9.76. The van der Waals surface area contributed by atoms with Crippen LogP contribution in [0.4, 0.5) is 5.69 Å². The van der Waals surface area contributed by atoms with E-state index in [2.05, 4.69) is 0 Å². The maximum Gasteiger partial charge on any atom is 0.232 e. The molecule has 2 aromatic rings. The van der Waals surface area contributed by atoms with E-state index >= 15 is 0 Å². The molecule has 0 saturated carbocycles.